The summed E-state index contributed by atoms with van der Waals surface area (Å²) < 4.78 is 1.56. The Balaban J connectivity index is 1.98. The van der Waals surface area contributed by atoms with E-state index in [2.05, 4.69) is 10.3 Å². The Morgan fingerprint density at radius 2 is 2.38 bits per heavy atom. The van der Waals surface area contributed by atoms with E-state index < -0.39 is 0 Å². The molecule has 2 N–H and O–H groups in total. The molecule has 0 atom stereocenters. The van der Waals surface area contributed by atoms with Gasteiger partial charge in [-0.05, 0) is 31.3 Å². The highest BCUT2D eigenvalue weighted by Gasteiger charge is 2.13. The molecule has 0 fully saturated rings. The fourth-order valence-corrected chi connectivity index (χ4v) is 1.85. The van der Waals surface area contributed by atoms with E-state index in [1.165, 1.54) is 6.42 Å². The van der Waals surface area contributed by atoms with Gasteiger partial charge in [0.05, 0.1) is 11.9 Å². The molecule has 0 aromatic carbocycles. The van der Waals surface area contributed by atoms with E-state index in [4.69, 9.17) is 5.73 Å². The molecule has 0 aliphatic heterocycles. The summed E-state index contributed by atoms with van der Waals surface area (Å²) in [6, 6.07) is 0. The fourth-order valence-electron chi connectivity index (χ4n) is 1.85. The molecule has 5 nitrogen and oxygen atoms in total. The van der Waals surface area contributed by atoms with E-state index in [-0.39, 0.29) is 12.3 Å². The van der Waals surface area contributed by atoms with Crippen LogP contribution in [0.4, 0.5) is 0 Å². The summed E-state index contributed by atoms with van der Waals surface area (Å²) in [6.07, 6.45) is 8.00. The number of aromatic nitrogens is 3. The van der Waals surface area contributed by atoms with Gasteiger partial charge in [-0.1, -0.05) is 11.3 Å². The second kappa shape index (κ2) is 5.03. The zero-order valence-electron chi connectivity index (χ0n) is 9.22. The molecule has 5 heteroatoms. The minimum atomic E-state index is 0.146. The van der Waals surface area contributed by atoms with Gasteiger partial charge in [0.2, 0.25) is 0 Å². The molecule has 0 unspecified atom stereocenters. The lowest BCUT2D eigenvalue weighted by Crippen LogP contribution is -2.14. The zero-order chi connectivity index (χ0) is 11.4. The van der Waals surface area contributed by atoms with Crippen molar-refractivity contribution >= 4 is 5.78 Å². The van der Waals surface area contributed by atoms with Crippen LogP contribution in [-0.2, 0) is 17.9 Å². The van der Waals surface area contributed by atoms with E-state index in [9.17, 15) is 4.79 Å². The van der Waals surface area contributed by atoms with Gasteiger partial charge in [0.25, 0.3) is 0 Å². The lowest BCUT2D eigenvalue weighted by molar-refractivity contribution is -0.116. The van der Waals surface area contributed by atoms with E-state index >= 15 is 0 Å². The SMILES string of the molecule is NCc1cn(CC(=O)C2=CCCCC2)nn1. The molecule has 0 spiro atoms. The molecule has 2 rings (SSSR count). The number of carbonyl (C=O) groups excluding carboxylic acids is 1. The second-order valence-electron chi connectivity index (χ2n) is 4.01. The van der Waals surface area contributed by atoms with Crippen LogP contribution in [0.5, 0.6) is 0 Å². The van der Waals surface area contributed by atoms with Crippen LogP contribution >= 0.6 is 0 Å². The topological polar surface area (TPSA) is 73.8 Å². The fraction of sp³-hybridized carbons (Fsp3) is 0.545. The molecule has 1 aromatic heterocycles. The summed E-state index contributed by atoms with van der Waals surface area (Å²) in [5.41, 5.74) is 7.08. The third-order valence-electron chi connectivity index (χ3n) is 2.75. The van der Waals surface area contributed by atoms with Gasteiger partial charge < -0.3 is 5.73 Å². The summed E-state index contributed by atoms with van der Waals surface area (Å²) in [6.45, 7) is 0.635. The molecule has 0 radical (unpaired) electrons. The number of ketones is 1. The molecule has 86 valence electrons. The number of hydrogen-bond donors (Lipinski definition) is 1. The molecular formula is C11H16N4O. The Labute approximate surface area is 94.3 Å². The minimum absolute atomic E-state index is 0.146. The van der Waals surface area contributed by atoms with Crippen molar-refractivity contribution in [2.24, 2.45) is 5.73 Å². The van der Waals surface area contributed by atoms with Crippen LogP contribution in [0, 0.1) is 0 Å². The number of Topliss-reactive ketones (excluding diaryl/α,β-unsaturated/α-hetero) is 1. The third kappa shape index (κ3) is 2.55. The molecular weight excluding hydrogens is 204 g/mol. The predicted octanol–water partition coefficient (Wildman–Crippen LogP) is 0.806. The molecule has 1 aromatic rings. The van der Waals surface area contributed by atoms with Gasteiger partial charge in [-0.25, -0.2) is 4.68 Å². The van der Waals surface area contributed by atoms with Crippen molar-refractivity contribution in [2.45, 2.75) is 38.8 Å². The zero-order valence-corrected chi connectivity index (χ0v) is 9.22. The monoisotopic (exact) mass is 220 g/mol. The number of rotatable bonds is 4. The Morgan fingerprint density at radius 1 is 1.50 bits per heavy atom. The highest BCUT2D eigenvalue weighted by atomic mass is 16.1. The van der Waals surface area contributed by atoms with Crippen molar-refractivity contribution in [3.63, 3.8) is 0 Å². The molecule has 0 bridgehead atoms. The van der Waals surface area contributed by atoms with Crippen LogP contribution < -0.4 is 5.73 Å². The maximum atomic E-state index is 11.9. The molecule has 16 heavy (non-hydrogen) atoms. The van der Waals surface area contributed by atoms with Gasteiger partial charge in [-0.2, -0.15) is 0 Å². The quantitative estimate of drug-likeness (QED) is 0.814. The van der Waals surface area contributed by atoms with Crippen molar-refractivity contribution in [1.82, 2.24) is 15.0 Å². The Bertz CT molecular complexity index is 408. The highest BCUT2D eigenvalue weighted by Crippen LogP contribution is 2.18. The normalized spacial score (nSPS) is 15.9. The van der Waals surface area contributed by atoms with E-state index in [0.717, 1.165) is 24.8 Å². The smallest absolute Gasteiger partial charge is 0.180 e. The van der Waals surface area contributed by atoms with Gasteiger partial charge in [-0.3, -0.25) is 4.79 Å². The van der Waals surface area contributed by atoms with E-state index in [0.29, 0.717) is 12.2 Å². The number of nitrogens with two attached hydrogens (primary N) is 1. The number of allylic oxidation sites excluding steroid dienone is 2. The number of nitrogens with zero attached hydrogens (tertiary/aromatic N) is 3. The average molecular weight is 220 g/mol. The van der Waals surface area contributed by atoms with Crippen LogP contribution in [-0.4, -0.2) is 20.8 Å². The molecule has 0 amide bonds. The summed E-state index contributed by atoms with van der Waals surface area (Å²) in [5.74, 6) is 0.146. The standard InChI is InChI=1S/C11H16N4O/c12-6-10-7-15(14-13-10)8-11(16)9-4-2-1-3-5-9/h4,7H,1-3,5-6,8,12H2. The molecule has 1 aliphatic rings. The van der Waals surface area contributed by atoms with Crippen LogP contribution in [0.1, 0.15) is 31.4 Å². The first kappa shape index (κ1) is 11.0. The first-order chi connectivity index (χ1) is 7.79. The lowest BCUT2D eigenvalue weighted by atomic mass is 9.96. The molecule has 1 heterocycles. The highest BCUT2D eigenvalue weighted by molar-refractivity contribution is 5.95. The first-order valence-corrected chi connectivity index (χ1v) is 5.61. The van der Waals surface area contributed by atoms with Crippen LogP contribution in [0.3, 0.4) is 0 Å². The van der Waals surface area contributed by atoms with Gasteiger partial charge in [0, 0.05) is 6.54 Å². The molecule has 0 saturated heterocycles. The van der Waals surface area contributed by atoms with Crippen molar-refractivity contribution in [1.29, 1.82) is 0 Å². The van der Waals surface area contributed by atoms with Crippen molar-refractivity contribution in [3.05, 3.63) is 23.5 Å². The first-order valence-electron chi connectivity index (χ1n) is 5.61. The Hall–Kier alpha value is -1.49. The average Bonchev–Trinajstić information content (AvgIpc) is 2.78. The van der Waals surface area contributed by atoms with Gasteiger partial charge in [0.15, 0.2) is 5.78 Å². The number of carbonyl (C=O) groups is 1. The second-order valence-corrected chi connectivity index (χ2v) is 4.01. The van der Waals surface area contributed by atoms with Crippen LogP contribution in [0.25, 0.3) is 0 Å². The maximum Gasteiger partial charge on any atom is 0.180 e. The summed E-state index contributed by atoms with van der Waals surface area (Å²) in [7, 11) is 0. The van der Waals surface area contributed by atoms with Crippen LogP contribution in [0.2, 0.25) is 0 Å². The lowest BCUT2D eigenvalue weighted by Gasteiger charge is -2.10. The predicted molar refractivity (Wildman–Crippen MR) is 59.5 cm³/mol. The summed E-state index contributed by atoms with van der Waals surface area (Å²) in [4.78, 5) is 11.9. The summed E-state index contributed by atoms with van der Waals surface area (Å²) >= 11 is 0. The largest absolute Gasteiger partial charge is 0.325 e. The van der Waals surface area contributed by atoms with Crippen molar-refractivity contribution < 1.29 is 4.79 Å². The van der Waals surface area contributed by atoms with Gasteiger partial charge in [-0.15, -0.1) is 5.10 Å². The Morgan fingerprint density at radius 3 is 3.00 bits per heavy atom. The van der Waals surface area contributed by atoms with Crippen molar-refractivity contribution in [3.8, 4) is 0 Å². The van der Waals surface area contributed by atoms with E-state index in [1.807, 2.05) is 6.08 Å². The van der Waals surface area contributed by atoms with Gasteiger partial charge in [0.1, 0.15) is 6.54 Å². The molecule has 0 saturated carbocycles. The molecule has 1 aliphatic carbocycles. The number of hydrogen-bond acceptors (Lipinski definition) is 4. The van der Waals surface area contributed by atoms with Crippen molar-refractivity contribution in [2.75, 3.05) is 0 Å². The van der Waals surface area contributed by atoms with E-state index in [1.54, 1.807) is 10.9 Å². The van der Waals surface area contributed by atoms with Crippen LogP contribution in [0.15, 0.2) is 17.8 Å². The third-order valence-corrected chi connectivity index (χ3v) is 2.75. The Kier molecular flexibility index (Phi) is 3.46. The summed E-state index contributed by atoms with van der Waals surface area (Å²) in [5, 5.41) is 7.71. The minimum Gasteiger partial charge on any atom is -0.325 e. The maximum absolute atomic E-state index is 11.9. The van der Waals surface area contributed by atoms with Gasteiger partial charge >= 0.3 is 0 Å².